The fraction of sp³-hybridized carbons (Fsp3) is 0.462. The lowest BCUT2D eigenvalue weighted by atomic mass is 10.1. The molecule has 1 unspecified atom stereocenters. The Morgan fingerprint density at radius 2 is 2.19 bits per heavy atom. The SMILES string of the molecule is CCOC(=O)C(C)(COc1ccc([N+](=O)[O-])cc1Cl)NC. The number of benzene rings is 1. The molecule has 0 fully saturated rings. The summed E-state index contributed by atoms with van der Waals surface area (Å²) in [6, 6.07) is 3.86. The summed E-state index contributed by atoms with van der Waals surface area (Å²) in [7, 11) is 1.61. The van der Waals surface area contributed by atoms with Crippen LogP contribution in [0.15, 0.2) is 18.2 Å². The summed E-state index contributed by atoms with van der Waals surface area (Å²) in [5, 5.41) is 13.6. The van der Waals surface area contributed by atoms with Crippen molar-refractivity contribution in [2.24, 2.45) is 0 Å². The van der Waals surface area contributed by atoms with E-state index in [4.69, 9.17) is 21.1 Å². The minimum Gasteiger partial charge on any atom is -0.489 e. The smallest absolute Gasteiger partial charge is 0.329 e. The number of non-ortho nitro benzene ring substituents is 1. The number of nitrogens with one attached hydrogen (secondary N) is 1. The Morgan fingerprint density at radius 3 is 2.67 bits per heavy atom. The Labute approximate surface area is 127 Å². The van der Waals surface area contributed by atoms with E-state index in [9.17, 15) is 14.9 Å². The van der Waals surface area contributed by atoms with Gasteiger partial charge in [-0.3, -0.25) is 10.1 Å². The molecule has 1 aromatic carbocycles. The lowest BCUT2D eigenvalue weighted by Crippen LogP contribution is -2.53. The van der Waals surface area contributed by atoms with E-state index >= 15 is 0 Å². The molecule has 0 aliphatic heterocycles. The lowest BCUT2D eigenvalue weighted by molar-refractivity contribution is -0.384. The highest BCUT2D eigenvalue weighted by atomic mass is 35.5. The molecule has 1 atom stereocenters. The third-order valence-electron chi connectivity index (χ3n) is 2.92. The topological polar surface area (TPSA) is 90.7 Å². The number of esters is 1. The number of nitro benzene ring substituents is 1. The summed E-state index contributed by atoms with van der Waals surface area (Å²) in [6.45, 7) is 3.57. The van der Waals surface area contributed by atoms with Crippen LogP contribution in [0.5, 0.6) is 5.75 Å². The molecule has 1 aromatic rings. The van der Waals surface area contributed by atoms with Crippen LogP contribution in [0.1, 0.15) is 13.8 Å². The van der Waals surface area contributed by atoms with Crippen molar-refractivity contribution in [3.05, 3.63) is 33.3 Å². The van der Waals surface area contributed by atoms with Gasteiger partial charge in [0.1, 0.15) is 17.9 Å². The van der Waals surface area contributed by atoms with Crippen LogP contribution in [-0.2, 0) is 9.53 Å². The predicted octanol–water partition coefficient (Wildman–Crippen LogP) is 2.17. The zero-order chi connectivity index (χ0) is 16.0. The maximum atomic E-state index is 11.9. The number of nitrogens with zero attached hydrogens (tertiary/aromatic N) is 1. The van der Waals surface area contributed by atoms with Crippen LogP contribution in [0.3, 0.4) is 0 Å². The van der Waals surface area contributed by atoms with Gasteiger partial charge in [-0.05, 0) is 27.0 Å². The fourth-order valence-electron chi connectivity index (χ4n) is 1.47. The van der Waals surface area contributed by atoms with Crippen molar-refractivity contribution >= 4 is 23.3 Å². The number of hydrogen-bond donors (Lipinski definition) is 1. The van der Waals surface area contributed by atoms with Gasteiger partial charge < -0.3 is 14.8 Å². The fourth-order valence-corrected chi connectivity index (χ4v) is 1.70. The van der Waals surface area contributed by atoms with Crippen molar-refractivity contribution in [2.45, 2.75) is 19.4 Å². The Kier molecular flexibility index (Phi) is 5.92. The molecule has 0 radical (unpaired) electrons. The highest BCUT2D eigenvalue weighted by Crippen LogP contribution is 2.29. The molecule has 0 amide bonds. The largest absolute Gasteiger partial charge is 0.489 e. The maximum Gasteiger partial charge on any atom is 0.329 e. The van der Waals surface area contributed by atoms with Gasteiger partial charge in [0.2, 0.25) is 0 Å². The predicted molar refractivity (Wildman–Crippen MR) is 77.7 cm³/mol. The minimum atomic E-state index is -1.04. The van der Waals surface area contributed by atoms with Gasteiger partial charge in [0.05, 0.1) is 16.6 Å². The van der Waals surface area contributed by atoms with Gasteiger partial charge in [0.15, 0.2) is 0 Å². The molecule has 0 aliphatic rings. The Balaban J connectivity index is 2.82. The van der Waals surface area contributed by atoms with Gasteiger partial charge in [0.25, 0.3) is 5.69 Å². The first-order valence-corrected chi connectivity index (χ1v) is 6.64. The molecule has 0 aromatic heterocycles. The van der Waals surface area contributed by atoms with Crippen LogP contribution in [0, 0.1) is 10.1 Å². The molecular formula is C13H17ClN2O5. The van der Waals surface area contributed by atoms with Crippen LogP contribution in [0.25, 0.3) is 0 Å². The second-order valence-corrected chi connectivity index (χ2v) is 4.87. The Morgan fingerprint density at radius 1 is 1.52 bits per heavy atom. The highest BCUT2D eigenvalue weighted by molar-refractivity contribution is 6.32. The molecule has 7 nitrogen and oxygen atoms in total. The van der Waals surface area contributed by atoms with Gasteiger partial charge in [-0.25, -0.2) is 4.79 Å². The number of carbonyl (C=O) groups excluding carboxylic acids is 1. The van der Waals surface area contributed by atoms with E-state index in [-0.39, 0.29) is 29.7 Å². The van der Waals surface area contributed by atoms with Crippen molar-refractivity contribution in [3.8, 4) is 5.75 Å². The average Bonchev–Trinajstić information content (AvgIpc) is 2.45. The number of likely N-dealkylation sites (N-methyl/N-ethyl adjacent to an activating group) is 1. The molecule has 116 valence electrons. The average molecular weight is 317 g/mol. The van der Waals surface area contributed by atoms with Crippen molar-refractivity contribution in [3.63, 3.8) is 0 Å². The van der Waals surface area contributed by atoms with Crippen molar-refractivity contribution in [1.29, 1.82) is 0 Å². The van der Waals surface area contributed by atoms with E-state index in [1.165, 1.54) is 18.2 Å². The van der Waals surface area contributed by atoms with Crippen molar-refractivity contribution < 1.29 is 19.2 Å². The first-order valence-electron chi connectivity index (χ1n) is 6.27. The normalized spacial score (nSPS) is 13.3. The quantitative estimate of drug-likeness (QED) is 0.471. The summed E-state index contributed by atoms with van der Waals surface area (Å²) >= 11 is 5.92. The standard InChI is InChI=1S/C13H17ClN2O5/c1-4-20-12(17)13(2,15-3)8-21-11-6-5-9(16(18)19)7-10(11)14/h5-7,15H,4,8H2,1-3H3. The van der Waals surface area contributed by atoms with Gasteiger partial charge in [-0.15, -0.1) is 0 Å². The monoisotopic (exact) mass is 316 g/mol. The zero-order valence-electron chi connectivity index (χ0n) is 12.0. The summed E-state index contributed by atoms with van der Waals surface area (Å²) in [6.07, 6.45) is 0. The first kappa shape index (κ1) is 17.2. The number of ether oxygens (including phenoxy) is 2. The Hall–Kier alpha value is -1.86. The van der Waals surface area contributed by atoms with E-state index in [1.807, 2.05) is 0 Å². The molecule has 8 heteroatoms. The molecule has 0 heterocycles. The molecule has 0 spiro atoms. The molecule has 21 heavy (non-hydrogen) atoms. The molecule has 1 N–H and O–H groups in total. The summed E-state index contributed by atoms with van der Waals surface area (Å²) in [5.41, 5.74) is -1.17. The molecule has 0 saturated carbocycles. The lowest BCUT2D eigenvalue weighted by Gasteiger charge is -2.26. The molecule has 1 rings (SSSR count). The number of rotatable bonds is 7. The van der Waals surface area contributed by atoms with Crippen LogP contribution in [-0.4, -0.2) is 36.7 Å². The number of carbonyl (C=O) groups is 1. The van der Waals surface area contributed by atoms with E-state index in [1.54, 1.807) is 20.9 Å². The molecule has 0 bridgehead atoms. The van der Waals surface area contributed by atoms with Gasteiger partial charge in [0, 0.05) is 12.1 Å². The second kappa shape index (κ2) is 7.24. The second-order valence-electron chi connectivity index (χ2n) is 4.46. The number of nitro groups is 1. The Bertz CT molecular complexity index is 537. The van der Waals surface area contributed by atoms with Crippen LogP contribution in [0.4, 0.5) is 5.69 Å². The summed E-state index contributed by atoms with van der Waals surface area (Å²) < 4.78 is 10.4. The van der Waals surface area contributed by atoms with E-state index in [0.29, 0.717) is 0 Å². The minimum absolute atomic E-state index is 0.0279. The highest BCUT2D eigenvalue weighted by Gasteiger charge is 2.34. The molecular weight excluding hydrogens is 300 g/mol. The third kappa shape index (κ3) is 4.30. The van der Waals surface area contributed by atoms with Gasteiger partial charge in [-0.1, -0.05) is 11.6 Å². The maximum absolute atomic E-state index is 11.9. The van der Waals surface area contributed by atoms with Crippen LogP contribution < -0.4 is 10.1 Å². The molecule has 0 aliphatic carbocycles. The van der Waals surface area contributed by atoms with Gasteiger partial charge >= 0.3 is 5.97 Å². The van der Waals surface area contributed by atoms with Crippen molar-refractivity contribution in [2.75, 3.05) is 20.3 Å². The van der Waals surface area contributed by atoms with Crippen LogP contribution in [0.2, 0.25) is 5.02 Å². The van der Waals surface area contributed by atoms with Gasteiger partial charge in [-0.2, -0.15) is 0 Å². The van der Waals surface area contributed by atoms with Crippen LogP contribution >= 0.6 is 11.6 Å². The van der Waals surface area contributed by atoms with E-state index < -0.39 is 16.4 Å². The number of halogens is 1. The van der Waals surface area contributed by atoms with E-state index in [2.05, 4.69) is 5.32 Å². The number of hydrogen-bond acceptors (Lipinski definition) is 6. The van der Waals surface area contributed by atoms with Crippen molar-refractivity contribution in [1.82, 2.24) is 5.32 Å². The zero-order valence-corrected chi connectivity index (χ0v) is 12.8. The summed E-state index contributed by atoms with van der Waals surface area (Å²) in [4.78, 5) is 21.9. The first-order chi connectivity index (χ1) is 9.84. The molecule has 0 saturated heterocycles. The third-order valence-corrected chi connectivity index (χ3v) is 3.22. The van der Waals surface area contributed by atoms with E-state index in [0.717, 1.165) is 0 Å². The summed E-state index contributed by atoms with van der Waals surface area (Å²) in [5.74, 6) is -0.196.